The highest BCUT2D eigenvalue weighted by atomic mass is 16.5. The second-order valence-electron chi connectivity index (χ2n) is 3.80. The maximum Gasteiger partial charge on any atom is 0.265 e. The summed E-state index contributed by atoms with van der Waals surface area (Å²) < 4.78 is 5.13. The Morgan fingerprint density at radius 2 is 1.94 bits per heavy atom. The van der Waals surface area contributed by atoms with E-state index < -0.39 is 0 Å². The molecule has 0 fully saturated rings. The molecule has 0 aliphatic heterocycles. The molecule has 5 nitrogen and oxygen atoms in total. The molecule has 2 N–H and O–H groups in total. The number of hydrogen-bond acceptors (Lipinski definition) is 5. The van der Waals surface area contributed by atoms with Crippen LogP contribution in [0.5, 0.6) is 0 Å². The minimum Gasteiger partial charge on any atom is -0.399 e. The van der Waals surface area contributed by atoms with Gasteiger partial charge in [0, 0.05) is 19.8 Å². The minimum atomic E-state index is 0.588. The molecule has 0 amide bonds. The van der Waals surface area contributed by atoms with Crippen molar-refractivity contribution in [3.8, 4) is 0 Å². The molecule has 0 spiro atoms. The molecule has 0 aliphatic rings. The predicted octanol–water partition coefficient (Wildman–Crippen LogP) is 1.31. The van der Waals surface area contributed by atoms with Gasteiger partial charge in [0.15, 0.2) is 0 Å². The van der Waals surface area contributed by atoms with Gasteiger partial charge in [0.2, 0.25) is 5.89 Å². The molecule has 0 radical (unpaired) electrons. The van der Waals surface area contributed by atoms with Crippen LogP contribution in [0.25, 0.3) is 0 Å². The summed E-state index contributed by atoms with van der Waals surface area (Å²) in [6.07, 6.45) is 0.626. The Kier molecular flexibility index (Phi) is 2.76. The number of nitrogens with zero attached hydrogens (tertiary/aromatic N) is 3. The van der Waals surface area contributed by atoms with Crippen LogP contribution in [-0.4, -0.2) is 24.2 Å². The largest absolute Gasteiger partial charge is 0.399 e. The van der Waals surface area contributed by atoms with Crippen LogP contribution >= 0.6 is 0 Å². The lowest BCUT2D eigenvalue weighted by Gasteiger charge is -2.02. The van der Waals surface area contributed by atoms with Gasteiger partial charge >= 0.3 is 0 Å². The van der Waals surface area contributed by atoms with Gasteiger partial charge in [-0.3, -0.25) is 0 Å². The molecule has 84 valence electrons. The van der Waals surface area contributed by atoms with Crippen molar-refractivity contribution in [1.82, 2.24) is 10.1 Å². The Morgan fingerprint density at radius 1 is 1.25 bits per heavy atom. The van der Waals surface area contributed by atoms with Crippen molar-refractivity contribution < 1.29 is 4.52 Å². The van der Waals surface area contributed by atoms with Crippen molar-refractivity contribution in [2.75, 3.05) is 24.7 Å². The van der Waals surface area contributed by atoms with Crippen LogP contribution < -0.4 is 10.6 Å². The normalized spacial score (nSPS) is 10.4. The van der Waals surface area contributed by atoms with Gasteiger partial charge in [-0.15, -0.1) is 0 Å². The molecule has 16 heavy (non-hydrogen) atoms. The van der Waals surface area contributed by atoms with E-state index in [4.69, 9.17) is 10.3 Å². The summed E-state index contributed by atoms with van der Waals surface area (Å²) in [5.41, 5.74) is 7.46. The zero-order valence-electron chi connectivity index (χ0n) is 9.34. The van der Waals surface area contributed by atoms with Gasteiger partial charge in [0.05, 0.1) is 6.42 Å². The Morgan fingerprint density at radius 3 is 2.50 bits per heavy atom. The van der Waals surface area contributed by atoms with Crippen LogP contribution in [0, 0.1) is 0 Å². The molecule has 0 unspecified atom stereocenters. The average molecular weight is 218 g/mol. The first-order valence-electron chi connectivity index (χ1n) is 4.99. The summed E-state index contributed by atoms with van der Waals surface area (Å²) in [5.74, 6) is 1.19. The summed E-state index contributed by atoms with van der Waals surface area (Å²) in [6.45, 7) is 0. The standard InChI is InChI=1S/C11H14N4O/c1-15(2)11-13-10(16-14-11)7-8-3-5-9(12)6-4-8/h3-6H,7,12H2,1-2H3. The molecular formula is C11H14N4O. The molecule has 2 aromatic rings. The molecule has 0 saturated heterocycles. The van der Waals surface area contributed by atoms with E-state index in [-0.39, 0.29) is 0 Å². The zero-order valence-corrected chi connectivity index (χ0v) is 9.34. The Labute approximate surface area is 93.9 Å². The van der Waals surface area contributed by atoms with Gasteiger partial charge < -0.3 is 15.2 Å². The first-order chi connectivity index (χ1) is 7.65. The Hall–Kier alpha value is -2.04. The number of aromatic nitrogens is 2. The van der Waals surface area contributed by atoms with E-state index in [0.717, 1.165) is 11.3 Å². The van der Waals surface area contributed by atoms with Crippen molar-refractivity contribution in [1.29, 1.82) is 0 Å². The van der Waals surface area contributed by atoms with Crippen LogP contribution in [0.2, 0.25) is 0 Å². The SMILES string of the molecule is CN(C)c1noc(Cc2ccc(N)cc2)n1. The van der Waals surface area contributed by atoms with Crippen molar-refractivity contribution in [2.45, 2.75) is 6.42 Å². The smallest absolute Gasteiger partial charge is 0.265 e. The molecule has 1 aromatic carbocycles. The highest BCUT2D eigenvalue weighted by Gasteiger charge is 2.07. The van der Waals surface area contributed by atoms with Gasteiger partial charge in [-0.05, 0) is 22.9 Å². The summed E-state index contributed by atoms with van der Waals surface area (Å²) in [7, 11) is 3.75. The minimum absolute atomic E-state index is 0.588. The lowest BCUT2D eigenvalue weighted by atomic mass is 10.1. The van der Waals surface area contributed by atoms with Crippen molar-refractivity contribution >= 4 is 11.6 Å². The molecule has 1 heterocycles. The maximum absolute atomic E-state index is 5.61. The summed E-state index contributed by atoms with van der Waals surface area (Å²) >= 11 is 0. The average Bonchev–Trinajstić information content (AvgIpc) is 2.70. The van der Waals surface area contributed by atoms with Crippen molar-refractivity contribution in [3.63, 3.8) is 0 Å². The molecule has 0 bridgehead atoms. The lowest BCUT2D eigenvalue weighted by molar-refractivity contribution is 0.385. The molecule has 0 aliphatic carbocycles. The van der Waals surface area contributed by atoms with E-state index in [1.165, 1.54) is 0 Å². The van der Waals surface area contributed by atoms with Crippen LogP contribution in [0.4, 0.5) is 11.6 Å². The number of nitrogens with two attached hydrogens (primary N) is 1. The number of nitrogen functional groups attached to an aromatic ring is 1. The number of hydrogen-bond donors (Lipinski definition) is 1. The Bertz CT molecular complexity index is 461. The third-order valence-corrected chi connectivity index (χ3v) is 2.19. The molecule has 2 rings (SSSR count). The zero-order chi connectivity index (χ0) is 11.5. The van der Waals surface area contributed by atoms with E-state index >= 15 is 0 Å². The van der Waals surface area contributed by atoms with Gasteiger partial charge in [-0.2, -0.15) is 4.98 Å². The van der Waals surface area contributed by atoms with Gasteiger partial charge in [0.25, 0.3) is 5.95 Å². The molecule has 5 heteroatoms. The summed E-state index contributed by atoms with van der Waals surface area (Å²) in [4.78, 5) is 6.05. The number of anilines is 2. The summed E-state index contributed by atoms with van der Waals surface area (Å²) in [5, 5.41) is 3.84. The quantitative estimate of drug-likeness (QED) is 0.787. The summed E-state index contributed by atoms with van der Waals surface area (Å²) in [6, 6.07) is 7.63. The van der Waals surface area contributed by atoms with E-state index in [0.29, 0.717) is 18.3 Å². The molecular weight excluding hydrogens is 204 g/mol. The molecule has 0 saturated carbocycles. The van der Waals surface area contributed by atoms with Gasteiger partial charge in [-0.25, -0.2) is 0 Å². The fraction of sp³-hybridized carbons (Fsp3) is 0.273. The number of rotatable bonds is 3. The van der Waals surface area contributed by atoms with Crippen LogP contribution in [0.15, 0.2) is 28.8 Å². The topological polar surface area (TPSA) is 68.2 Å². The first-order valence-corrected chi connectivity index (χ1v) is 4.99. The fourth-order valence-electron chi connectivity index (χ4n) is 1.31. The highest BCUT2D eigenvalue weighted by molar-refractivity contribution is 5.39. The van der Waals surface area contributed by atoms with Gasteiger partial charge in [-0.1, -0.05) is 12.1 Å². The first kappa shape index (κ1) is 10.5. The lowest BCUT2D eigenvalue weighted by Crippen LogP contribution is -2.10. The third-order valence-electron chi connectivity index (χ3n) is 2.19. The molecule has 0 atom stereocenters. The second kappa shape index (κ2) is 4.22. The van der Waals surface area contributed by atoms with E-state index in [1.807, 2.05) is 38.4 Å². The molecule has 1 aromatic heterocycles. The van der Waals surface area contributed by atoms with Crippen molar-refractivity contribution in [3.05, 3.63) is 35.7 Å². The van der Waals surface area contributed by atoms with E-state index in [9.17, 15) is 0 Å². The predicted molar refractivity (Wildman–Crippen MR) is 62.3 cm³/mol. The van der Waals surface area contributed by atoms with E-state index in [2.05, 4.69) is 10.1 Å². The fourth-order valence-corrected chi connectivity index (χ4v) is 1.31. The van der Waals surface area contributed by atoms with Crippen LogP contribution in [0.1, 0.15) is 11.5 Å². The third kappa shape index (κ3) is 2.31. The Balaban J connectivity index is 2.11. The number of benzene rings is 1. The highest BCUT2D eigenvalue weighted by Crippen LogP contribution is 2.12. The van der Waals surface area contributed by atoms with Crippen LogP contribution in [-0.2, 0) is 6.42 Å². The van der Waals surface area contributed by atoms with Crippen molar-refractivity contribution in [2.24, 2.45) is 0 Å². The van der Waals surface area contributed by atoms with E-state index in [1.54, 1.807) is 4.90 Å². The van der Waals surface area contributed by atoms with Gasteiger partial charge in [0.1, 0.15) is 0 Å². The second-order valence-corrected chi connectivity index (χ2v) is 3.80. The monoisotopic (exact) mass is 218 g/mol. The maximum atomic E-state index is 5.61. The van der Waals surface area contributed by atoms with Crippen LogP contribution in [0.3, 0.4) is 0 Å².